The molecule has 24 heavy (non-hydrogen) atoms. The molecule has 0 saturated carbocycles. The molecule has 1 unspecified atom stereocenters. The van der Waals surface area contributed by atoms with Gasteiger partial charge < -0.3 is 30.0 Å². The standard InChI is InChI=1S/C16H30N4O4/c17-15(18-4-1-5-20-6-10-22-11-7-20)19-12-14-13-23-16(24-14)2-8-21-9-3-16/h14H,1-13H2,(H3,17,18,19). The Balaban J connectivity index is 1.28. The maximum absolute atomic E-state index is 6.03. The lowest BCUT2D eigenvalue weighted by molar-refractivity contribution is -0.210. The summed E-state index contributed by atoms with van der Waals surface area (Å²) in [6.07, 6.45) is 2.62. The van der Waals surface area contributed by atoms with Gasteiger partial charge in [0.25, 0.3) is 0 Å². The lowest BCUT2D eigenvalue weighted by Gasteiger charge is -2.31. The van der Waals surface area contributed by atoms with Crippen LogP contribution in [0, 0.1) is 0 Å². The second-order valence-corrected chi connectivity index (χ2v) is 6.53. The molecule has 1 atom stereocenters. The van der Waals surface area contributed by atoms with Gasteiger partial charge in [-0.2, -0.15) is 0 Å². The van der Waals surface area contributed by atoms with Gasteiger partial charge in [-0.15, -0.1) is 0 Å². The molecule has 1 spiro atoms. The normalized spacial score (nSPS) is 28.3. The Bertz CT molecular complexity index is 409. The van der Waals surface area contributed by atoms with Gasteiger partial charge in [-0.1, -0.05) is 0 Å². The van der Waals surface area contributed by atoms with E-state index < -0.39 is 5.79 Å². The maximum Gasteiger partial charge on any atom is 0.188 e. The fourth-order valence-corrected chi connectivity index (χ4v) is 3.25. The summed E-state index contributed by atoms with van der Waals surface area (Å²) < 4.78 is 22.6. The molecule has 3 heterocycles. The first kappa shape index (κ1) is 17.9. The molecule has 3 saturated heterocycles. The van der Waals surface area contributed by atoms with Crippen LogP contribution in [0.3, 0.4) is 0 Å². The van der Waals surface area contributed by atoms with Crippen LogP contribution >= 0.6 is 0 Å². The monoisotopic (exact) mass is 342 g/mol. The van der Waals surface area contributed by atoms with Crippen LogP contribution < -0.4 is 11.1 Å². The number of nitrogens with two attached hydrogens (primary N) is 1. The largest absolute Gasteiger partial charge is 0.381 e. The Morgan fingerprint density at radius 3 is 2.71 bits per heavy atom. The highest BCUT2D eigenvalue weighted by Crippen LogP contribution is 2.33. The molecule has 0 aliphatic carbocycles. The molecule has 3 N–H and O–H groups in total. The number of rotatable bonds is 6. The van der Waals surface area contributed by atoms with Crippen LogP contribution in [0.5, 0.6) is 0 Å². The predicted molar refractivity (Wildman–Crippen MR) is 90.0 cm³/mol. The topological polar surface area (TPSA) is 90.6 Å². The Morgan fingerprint density at radius 1 is 1.17 bits per heavy atom. The Labute approximate surface area is 143 Å². The smallest absolute Gasteiger partial charge is 0.188 e. The predicted octanol–water partition coefficient (Wildman–Crippen LogP) is -0.465. The zero-order valence-corrected chi connectivity index (χ0v) is 14.4. The minimum absolute atomic E-state index is 0.0169. The first-order valence-corrected chi connectivity index (χ1v) is 8.99. The van der Waals surface area contributed by atoms with Crippen molar-refractivity contribution < 1.29 is 18.9 Å². The van der Waals surface area contributed by atoms with Crippen LogP contribution in [0.2, 0.25) is 0 Å². The van der Waals surface area contributed by atoms with Crippen LogP contribution in [0.15, 0.2) is 4.99 Å². The molecule has 0 bridgehead atoms. The van der Waals surface area contributed by atoms with E-state index in [1.807, 2.05) is 0 Å². The molecule has 0 radical (unpaired) electrons. The number of nitrogens with one attached hydrogen (secondary N) is 1. The van der Waals surface area contributed by atoms with Crippen LogP contribution in [0.25, 0.3) is 0 Å². The number of ether oxygens (including phenoxy) is 4. The van der Waals surface area contributed by atoms with E-state index in [9.17, 15) is 0 Å². The number of aliphatic imine (C=N–C) groups is 1. The fraction of sp³-hybridized carbons (Fsp3) is 0.938. The molecule has 138 valence electrons. The molecular formula is C16H30N4O4. The molecular weight excluding hydrogens is 312 g/mol. The average Bonchev–Trinajstić information content (AvgIpc) is 3.01. The van der Waals surface area contributed by atoms with E-state index in [1.165, 1.54) is 0 Å². The van der Waals surface area contributed by atoms with Crippen molar-refractivity contribution in [2.24, 2.45) is 10.7 Å². The van der Waals surface area contributed by atoms with Crippen molar-refractivity contribution in [2.45, 2.75) is 31.2 Å². The Morgan fingerprint density at radius 2 is 1.92 bits per heavy atom. The van der Waals surface area contributed by atoms with Gasteiger partial charge >= 0.3 is 0 Å². The van der Waals surface area contributed by atoms with E-state index in [0.29, 0.717) is 32.3 Å². The number of hydrogen-bond donors (Lipinski definition) is 2. The van der Waals surface area contributed by atoms with Crippen LogP contribution in [-0.2, 0) is 18.9 Å². The van der Waals surface area contributed by atoms with Gasteiger partial charge in [0.1, 0.15) is 6.10 Å². The van der Waals surface area contributed by atoms with Gasteiger partial charge in [-0.3, -0.25) is 9.89 Å². The lowest BCUT2D eigenvalue weighted by Crippen LogP contribution is -2.39. The van der Waals surface area contributed by atoms with E-state index in [4.69, 9.17) is 24.7 Å². The van der Waals surface area contributed by atoms with E-state index in [1.54, 1.807) is 0 Å². The number of hydrogen-bond acceptors (Lipinski definition) is 6. The van der Waals surface area contributed by atoms with Crippen molar-refractivity contribution in [3.05, 3.63) is 0 Å². The highest BCUT2D eigenvalue weighted by Gasteiger charge is 2.42. The highest BCUT2D eigenvalue weighted by molar-refractivity contribution is 5.77. The minimum atomic E-state index is -0.446. The third kappa shape index (κ3) is 5.29. The van der Waals surface area contributed by atoms with Crippen LogP contribution in [-0.4, -0.2) is 88.5 Å². The van der Waals surface area contributed by atoms with E-state index >= 15 is 0 Å². The van der Waals surface area contributed by atoms with E-state index in [-0.39, 0.29) is 6.10 Å². The summed E-state index contributed by atoms with van der Waals surface area (Å²) in [7, 11) is 0. The van der Waals surface area contributed by atoms with Gasteiger partial charge in [0.15, 0.2) is 11.7 Å². The van der Waals surface area contributed by atoms with Crippen molar-refractivity contribution in [3.8, 4) is 0 Å². The molecule has 0 aromatic carbocycles. The molecule has 8 heteroatoms. The summed E-state index contributed by atoms with van der Waals surface area (Å²) in [6, 6.07) is 0. The summed E-state index contributed by atoms with van der Waals surface area (Å²) in [5.41, 5.74) is 5.93. The number of nitrogens with zero attached hydrogens (tertiary/aromatic N) is 2. The molecule has 0 amide bonds. The molecule has 0 aromatic rings. The lowest BCUT2D eigenvalue weighted by atomic mass is 10.1. The Hall–Kier alpha value is -0.930. The first-order chi connectivity index (χ1) is 11.8. The summed E-state index contributed by atoms with van der Waals surface area (Å²) in [5.74, 6) is 0.0344. The molecule has 0 aromatic heterocycles. The second kappa shape index (κ2) is 8.96. The summed E-state index contributed by atoms with van der Waals surface area (Å²) in [4.78, 5) is 6.79. The average molecular weight is 342 g/mol. The van der Waals surface area contributed by atoms with Gasteiger partial charge in [-0.05, 0) is 13.0 Å². The van der Waals surface area contributed by atoms with Gasteiger partial charge in [0, 0.05) is 32.5 Å². The summed E-state index contributed by atoms with van der Waals surface area (Å²) in [5, 5.41) is 3.17. The van der Waals surface area contributed by atoms with Crippen molar-refractivity contribution in [1.82, 2.24) is 10.2 Å². The van der Waals surface area contributed by atoms with E-state index in [2.05, 4.69) is 15.2 Å². The molecule has 8 nitrogen and oxygen atoms in total. The van der Waals surface area contributed by atoms with Gasteiger partial charge in [-0.25, -0.2) is 0 Å². The van der Waals surface area contributed by atoms with Crippen LogP contribution in [0.4, 0.5) is 0 Å². The van der Waals surface area contributed by atoms with Crippen LogP contribution in [0.1, 0.15) is 19.3 Å². The molecule has 3 aliphatic rings. The zero-order valence-electron chi connectivity index (χ0n) is 14.4. The van der Waals surface area contributed by atoms with Crippen molar-refractivity contribution in [3.63, 3.8) is 0 Å². The number of morpholine rings is 1. The summed E-state index contributed by atoms with van der Waals surface area (Å²) in [6.45, 7) is 8.13. The van der Waals surface area contributed by atoms with Crippen molar-refractivity contribution >= 4 is 5.96 Å². The maximum atomic E-state index is 6.03. The molecule has 3 rings (SSSR count). The third-order valence-corrected chi connectivity index (χ3v) is 4.69. The highest BCUT2D eigenvalue weighted by atomic mass is 16.7. The molecule has 3 aliphatic heterocycles. The number of guanidine groups is 1. The van der Waals surface area contributed by atoms with Crippen molar-refractivity contribution in [2.75, 3.05) is 65.8 Å². The fourth-order valence-electron chi connectivity index (χ4n) is 3.25. The Kier molecular flexibility index (Phi) is 6.67. The SMILES string of the molecule is NC(=NCC1COC2(CCOCC2)O1)NCCCN1CCOCC1. The minimum Gasteiger partial charge on any atom is -0.381 e. The quantitative estimate of drug-likeness (QED) is 0.383. The second-order valence-electron chi connectivity index (χ2n) is 6.53. The van der Waals surface area contributed by atoms with Gasteiger partial charge in [0.05, 0.1) is 39.6 Å². The van der Waals surface area contributed by atoms with E-state index in [0.717, 1.165) is 58.7 Å². The zero-order chi connectivity index (χ0) is 16.7. The molecule has 3 fully saturated rings. The van der Waals surface area contributed by atoms with Crippen molar-refractivity contribution in [1.29, 1.82) is 0 Å². The summed E-state index contributed by atoms with van der Waals surface area (Å²) >= 11 is 0. The third-order valence-electron chi connectivity index (χ3n) is 4.69. The first-order valence-electron chi connectivity index (χ1n) is 8.99. The van der Waals surface area contributed by atoms with Gasteiger partial charge in [0.2, 0.25) is 0 Å².